The first kappa shape index (κ1) is 17.0. The molecule has 0 bridgehead atoms. The molecule has 0 radical (unpaired) electrons. The summed E-state index contributed by atoms with van der Waals surface area (Å²) >= 11 is 0. The number of hydrogen-bond acceptors (Lipinski definition) is 3. The molecule has 124 valence electrons. The van der Waals surface area contributed by atoms with Crippen molar-refractivity contribution in [3.8, 4) is 5.69 Å². The van der Waals surface area contributed by atoms with Crippen molar-refractivity contribution >= 4 is 6.03 Å². The second-order valence-corrected chi connectivity index (χ2v) is 5.13. The molecule has 0 aliphatic rings. The van der Waals surface area contributed by atoms with Crippen molar-refractivity contribution < 1.29 is 9.53 Å². The van der Waals surface area contributed by atoms with E-state index in [0.717, 1.165) is 37.3 Å². The standard InChI is InChI=1S/C17H24N4O2/c1-2-23-12-4-3-9-18-17(22)19-14-15-7-5-8-16(13-15)21-11-6-10-20-21/h5-8,10-11,13H,2-4,9,12,14H2,1H3,(H2,18,19,22). The van der Waals surface area contributed by atoms with E-state index in [1.807, 2.05) is 43.5 Å². The number of ether oxygens (including phenoxy) is 1. The number of urea groups is 1. The van der Waals surface area contributed by atoms with Gasteiger partial charge in [0.05, 0.1) is 5.69 Å². The number of aromatic nitrogens is 2. The van der Waals surface area contributed by atoms with Crippen LogP contribution in [0.3, 0.4) is 0 Å². The van der Waals surface area contributed by atoms with E-state index in [1.54, 1.807) is 10.9 Å². The molecule has 1 aromatic heterocycles. The first-order chi connectivity index (χ1) is 11.3. The number of hydrogen-bond donors (Lipinski definition) is 2. The normalized spacial score (nSPS) is 10.5. The van der Waals surface area contributed by atoms with Crippen molar-refractivity contribution in [1.29, 1.82) is 0 Å². The van der Waals surface area contributed by atoms with Crippen LogP contribution in [-0.2, 0) is 11.3 Å². The van der Waals surface area contributed by atoms with Gasteiger partial charge in [0.25, 0.3) is 0 Å². The van der Waals surface area contributed by atoms with Gasteiger partial charge in [-0.05, 0) is 43.5 Å². The van der Waals surface area contributed by atoms with Gasteiger partial charge in [0.1, 0.15) is 0 Å². The lowest BCUT2D eigenvalue weighted by atomic mass is 10.2. The zero-order chi connectivity index (χ0) is 16.3. The van der Waals surface area contributed by atoms with Crippen molar-refractivity contribution in [2.75, 3.05) is 19.8 Å². The van der Waals surface area contributed by atoms with Crippen LogP contribution in [0, 0.1) is 0 Å². The largest absolute Gasteiger partial charge is 0.382 e. The molecule has 0 aliphatic heterocycles. The summed E-state index contributed by atoms with van der Waals surface area (Å²) in [4.78, 5) is 11.7. The monoisotopic (exact) mass is 316 g/mol. The van der Waals surface area contributed by atoms with Crippen molar-refractivity contribution in [3.05, 3.63) is 48.3 Å². The highest BCUT2D eigenvalue weighted by atomic mass is 16.5. The fraction of sp³-hybridized carbons (Fsp3) is 0.412. The number of unbranched alkanes of at least 4 members (excludes halogenated alkanes) is 1. The number of amides is 2. The van der Waals surface area contributed by atoms with Crippen LogP contribution in [0.15, 0.2) is 42.7 Å². The van der Waals surface area contributed by atoms with Crippen LogP contribution in [0.1, 0.15) is 25.3 Å². The summed E-state index contributed by atoms with van der Waals surface area (Å²) in [6, 6.07) is 9.66. The molecule has 1 aromatic carbocycles. The number of carbonyl (C=O) groups excluding carboxylic acids is 1. The van der Waals surface area contributed by atoms with Crippen LogP contribution in [0.4, 0.5) is 4.79 Å². The van der Waals surface area contributed by atoms with Crippen LogP contribution in [-0.4, -0.2) is 35.6 Å². The van der Waals surface area contributed by atoms with E-state index >= 15 is 0 Å². The Labute approximate surface area is 136 Å². The molecule has 0 saturated heterocycles. The summed E-state index contributed by atoms with van der Waals surface area (Å²) < 4.78 is 7.05. The molecular weight excluding hydrogens is 292 g/mol. The molecule has 1 heterocycles. The minimum absolute atomic E-state index is 0.147. The predicted octanol–water partition coefficient (Wildman–Crippen LogP) is 2.49. The highest BCUT2D eigenvalue weighted by Crippen LogP contribution is 2.09. The zero-order valence-corrected chi connectivity index (χ0v) is 13.5. The molecule has 0 aliphatic carbocycles. The molecule has 0 unspecified atom stereocenters. The fourth-order valence-corrected chi connectivity index (χ4v) is 2.15. The summed E-state index contributed by atoms with van der Waals surface area (Å²) in [5.41, 5.74) is 2.01. The molecule has 2 amide bonds. The minimum atomic E-state index is -0.147. The molecule has 2 rings (SSSR count). The zero-order valence-electron chi connectivity index (χ0n) is 13.5. The van der Waals surface area contributed by atoms with E-state index in [-0.39, 0.29) is 6.03 Å². The number of nitrogens with zero attached hydrogens (tertiary/aromatic N) is 2. The second-order valence-electron chi connectivity index (χ2n) is 5.13. The summed E-state index contributed by atoms with van der Waals surface area (Å²) in [7, 11) is 0. The Morgan fingerprint density at radius 1 is 1.26 bits per heavy atom. The lowest BCUT2D eigenvalue weighted by Crippen LogP contribution is -2.35. The molecule has 0 saturated carbocycles. The maximum atomic E-state index is 11.7. The quantitative estimate of drug-likeness (QED) is 0.698. The Kier molecular flexibility index (Phi) is 7.13. The summed E-state index contributed by atoms with van der Waals surface area (Å²) in [5, 5.41) is 9.91. The van der Waals surface area contributed by atoms with Crippen LogP contribution in [0.25, 0.3) is 5.69 Å². The second kappa shape index (κ2) is 9.63. The van der Waals surface area contributed by atoms with Crippen LogP contribution in [0.2, 0.25) is 0 Å². The van der Waals surface area contributed by atoms with Crippen molar-refractivity contribution in [1.82, 2.24) is 20.4 Å². The van der Waals surface area contributed by atoms with Gasteiger partial charge in [0.15, 0.2) is 0 Å². The molecular formula is C17H24N4O2. The Bertz CT molecular complexity index is 584. The lowest BCUT2D eigenvalue weighted by molar-refractivity contribution is 0.143. The fourth-order valence-electron chi connectivity index (χ4n) is 2.15. The number of rotatable bonds is 9. The van der Waals surface area contributed by atoms with Gasteiger partial charge in [0.2, 0.25) is 0 Å². The lowest BCUT2D eigenvalue weighted by Gasteiger charge is -2.09. The molecule has 2 N–H and O–H groups in total. The van der Waals surface area contributed by atoms with Gasteiger partial charge in [0, 0.05) is 38.7 Å². The van der Waals surface area contributed by atoms with Crippen molar-refractivity contribution in [2.24, 2.45) is 0 Å². The number of carbonyl (C=O) groups is 1. The summed E-state index contributed by atoms with van der Waals surface area (Å²) in [6.07, 6.45) is 5.51. The van der Waals surface area contributed by atoms with Gasteiger partial charge >= 0.3 is 6.03 Å². The van der Waals surface area contributed by atoms with Crippen LogP contribution < -0.4 is 10.6 Å². The average Bonchev–Trinajstić information content (AvgIpc) is 3.11. The van der Waals surface area contributed by atoms with Crippen molar-refractivity contribution in [2.45, 2.75) is 26.3 Å². The summed E-state index contributed by atoms with van der Waals surface area (Å²) in [5.74, 6) is 0. The van der Waals surface area contributed by atoms with E-state index in [1.165, 1.54) is 0 Å². The van der Waals surface area contributed by atoms with Gasteiger partial charge in [-0.15, -0.1) is 0 Å². The van der Waals surface area contributed by atoms with Gasteiger partial charge in [-0.3, -0.25) is 0 Å². The highest BCUT2D eigenvalue weighted by Gasteiger charge is 2.02. The van der Waals surface area contributed by atoms with E-state index < -0.39 is 0 Å². The van der Waals surface area contributed by atoms with Crippen LogP contribution >= 0.6 is 0 Å². The SMILES string of the molecule is CCOCCCCNC(=O)NCc1cccc(-n2cccn2)c1. The molecule has 0 spiro atoms. The molecule has 6 heteroatoms. The Hall–Kier alpha value is -2.34. The minimum Gasteiger partial charge on any atom is -0.382 e. The maximum absolute atomic E-state index is 11.7. The molecule has 6 nitrogen and oxygen atoms in total. The van der Waals surface area contributed by atoms with Crippen molar-refractivity contribution in [3.63, 3.8) is 0 Å². The first-order valence-electron chi connectivity index (χ1n) is 7.98. The smallest absolute Gasteiger partial charge is 0.315 e. The highest BCUT2D eigenvalue weighted by molar-refractivity contribution is 5.73. The van der Waals surface area contributed by atoms with Gasteiger partial charge in [-0.25, -0.2) is 9.48 Å². The maximum Gasteiger partial charge on any atom is 0.315 e. The Morgan fingerprint density at radius 2 is 2.17 bits per heavy atom. The van der Waals surface area contributed by atoms with E-state index in [0.29, 0.717) is 13.1 Å². The Balaban J connectivity index is 1.69. The molecule has 0 fully saturated rings. The third kappa shape index (κ3) is 6.12. The third-order valence-corrected chi connectivity index (χ3v) is 3.34. The predicted molar refractivity (Wildman–Crippen MR) is 89.5 cm³/mol. The van der Waals surface area contributed by atoms with Gasteiger partial charge < -0.3 is 15.4 Å². The molecule has 23 heavy (non-hydrogen) atoms. The summed E-state index contributed by atoms with van der Waals surface area (Å²) in [6.45, 7) is 4.62. The van der Waals surface area contributed by atoms with E-state index in [2.05, 4.69) is 15.7 Å². The number of nitrogens with one attached hydrogen (secondary N) is 2. The Morgan fingerprint density at radius 3 is 2.96 bits per heavy atom. The number of benzene rings is 1. The first-order valence-corrected chi connectivity index (χ1v) is 7.98. The third-order valence-electron chi connectivity index (χ3n) is 3.34. The van der Waals surface area contributed by atoms with Crippen LogP contribution in [0.5, 0.6) is 0 Å². The molecule has 2 aromatic rings. The average molecular weight is 316 g/mol. The topological polar surface area (TPSA) is 68.2 Å². The molecule has 0 atom stereocenters. The van der Waals surface area contributed by atoms with Gasteiger partial charge in [-0.2, -0.15) is 5.10 Å². The van der Waals surface area contributed by atoms with Gasteiger partial charge in [-0.1, -0.05) is 12.1 Å². The van der Waals surface area contributed by atoms with E-state index in [4.69, 9.17) is 4.74 Å². The van der Waals surface area contributed by atoms with E-state index in [9.17, 15) is 4.79 Å².